The number of para-hydroxylation sites is 1. The van der Waals surface area contributed by atoms with E-state index in [1.165, 1.54) is 17.0 Å². The number of halogens is 2. The van der Waals surface area contributed by atoms with Crippen molar-refractivity contribution in [2.45, 2.75) is 20.1 Å². The minimum atomic E-state index is -3.66. The van der Waals surface area contributed by atoms with Gasteiger partial charge in [0.05, 0.1) is 11.9 Å². The molecule has 1 amide bonds. The van der Waals surface area contributed by atoms with Crippen LogP contribution in [0.25, 0.3) is 0 Å². The summed E-state index contributed by atoms with van der Waals surface area (Å²) in [4.78, 5) is 14.0. The van der Waals surface area contributed by atoms with Crippen LogP contribution in [-0.2, 0) is 21.4 Å². The van der Waals surface area contributed by atoms with Gasteiger partial charge >= 0.3 is 6.61 Å². The highest BCUT2D eigenvalue weighted by molar-refractivity contribution is 7.92. The minimum absolute atomic E-state index is 0.0236. The van der Waals surface area contributed by atoms with Crippen molar-refractivity contribution in [3.05, 3.63) is 59.7 Å². The molecule has 0 aliphatic rings. The monoisotopic (exact) mass is 412 g/mol. The summed E-state index contributed by atoms with van der Waals surface area (Å²) in [5.74, 6) is -0.378. The van der Waals surface area contributed by atoms with Crippen LogP contribution < -0.4 is 9.04 Å². The molecule has 152 valence electrons. The Morgan fingerprint density at radius 3 is 2.25 bits per heavy atom. The molecule has 0 heterocycles. The van der Waals surface area contributed by atoms with Gasteiger partial charge in [-0.25, -0.2) is 8.42 Å². The second-order valence-electron chi connectivity index (χ2n) is 6.33. The zero-order valence-electron chi connectivity index (χ0n) is 15.8. The van der Waals surface area contributed by atoms with Gasteiger partial charge in [-0.2, -0.15) is 8.78 Å². The van der Waals surface area contributed by atoms with Crippen molar-refractivity contribution in [2.75, 3.05) is 24.2 Å². The molecule has 28 heavy (non-hydrogen) atoms. The number of sulfonamides is 1. The highest BCUT2D eigenvalue weighted by Crippen LogP contribution is 2.22. The molecule has 0 atom stereocenters. The van der Waals surface area contributed by atoms with Crippen LogP contribution in [0.5, 0.6) is 5.75 Å². The van der Waals surface area contributed by atoms with E-state index in [2.05, 4.69) is 4.74 Å². The Hall–Kier alpha value is -2.68. The van der Waals surface area contributed by atoms with E-state index in [4.69, 9.17) is 0 Å². The fourth-order valence-corrected chi connectivity index (χ4v) is 3.51. The number of likely N-dealkylation sites (N-methyl/N-ethyl adjacent to an activating group) is 1. The minimum Gasteiger partial charge on any atom is -0.435 e. The molecule has 2 aromatic carbocycles. The van der Waals surface area contributed by atoms with Gasteiger partial charge in [-0.3, -0.25) is 9.10 Å². The first-order valence-corrected chi connectivity index (χ1v) is 10.2. The number of amides is 1. The van der Waals surface area contributed by atoms with Crippen molar-refractivity contribution < 1.29 is 26.7 Å². The first-order valence-electron chi connectivity index (χ1n) is 8.39. The van der Waals surface area contributed by atoms with Gasteiger partial charge in [-0.05, 0) is 36.2 Å². The predicted molar refractivity (Wildman–Crippen MR) is 103 cm³/mol. The Kier molecular flexibility index (Phi) is 6.95. The van der Waals surface area contributed by atoms with E-state index in [-0.39, 0.29) is 18.8 Å². The molecule has 0 saturated carbocycles. The number of hydrogen-bond donors (Lipinski definition) is 0. The largest absolute Gasteiger partial charge is 0.435 e. The Morgan fingerprint density at radius 2 is 1.71 bits per heavy atom. The van der Waals surface area contributed by atoms with Crippen molar-refractivity contribution in [1.82, 2.24) is 4.90 Å². The molecule has 0 aliphatic heterocycles. The third-order valence-corrected chi connectivity index (χ3v) is 5.18. The van der Waals surface area contributed by atoms with Gasteiger partial charge in [0.25, 0.3) is 0 Å². The summed E-state index contributed by atoms with van der Waals surface area (Å²) in [5.41, 5.74) is 1.87. The maximum Gasteiger partial charge on any atom is 0.387 e. The second kappa shape index (κ2) is 9.01. The number of anilines is 1. The number of benzene rings is 2. The van der Waals surface area contributed by atoms with Crippen molar-refractivity contribution in [3.8, 4) is 5.75 Å². The van der Waals surface area contributed by atoms with Crippen LogP contribution in [-0.4, -0.2) is 45.7 Å². The van der Waals surface area contributed by atoms with Gasteiger partial charge < -0.3 is 9.64 Å². The van der Waals surface area contributed by atoms with Gasteiger partial charge in [0, 0.05) is 13.6 Å². The van der Waals surface area contributed by atoms with Crippen molar-refractivity contribution in [3.63, 3.8) is 0 Å². The van der Waals surface area contributed by atoms with Crippen LogP contribution in [0.1, 0.15) is 11.1 Å². The van der Waals surface area contributed by atoms with Gasteiger partial charge in [0.15, 0.2) is 0 Å². The number of rotatable bonds is 8. The van der Waals surface area contributed by atoms with E-state index in [9.17, 15) is 22.0 Å². The first-order chi connectivity index (χ1) is 13.1. The lowest BCUT2D eigenvalue weighted by atomic mass is 10.2. The van der Waals surface area contributed by atoms with Crippen LogP contribution in [0, 0.1) is 6.92 Å². The predicted octanol–water partition coefficient (Wildman–Crippen LogP) is 3.02. The van der Waals surface area contributed by atoms with E-state index in [1.807, 2.05) is 0 Å². The Bertz CT molecular complexity index is 918. The molecular formula is C19H22F2N2O4S. The number of ether oxygens (including phenoxy) is 1. The zero-order chi connectivity index (χ0) is 20.9. The highest BCUT2D eigenvalue weighted by atomic mass is 32.2. The van der Waals surface area contributed by atoms with Crippen LogP contribution in [0.2, 0.25) is 0 Å². The lowest BCUT2D eigenvalue weighted by Gasteiger charge is -2.26. The van der Waals surface area contributed by atoms with E-state index in [0.717, 1.165) is 16.1 Å². The molecule has 0 fully saturated rings. The molecule has 0 unspecified atom stereocenters. The molecule has 0 saturated heterocycles. The van der Waals surface area contributed by atoms with E-state index in [0.29, 0.717) is 11.3 Å². The standard InChI is InChI=1S/C19H22F2N2O4S/c1-14-6-4-5-7-17(14)23(28(3,25)26)13-18(24)22(2)12-15-8-10-16(11-9-15)27-19(20)21/h4-11,19H,12-13H2,1-3H3. The molecule has 9 heteroatoms. The molecule has 0 aromatic heterocycles. The average Bonchev–Trinajstić information content (AvgIpc) is 2.60. The van der Waals surface area contributed by atoms with Gasteiger partial charge in [-0.1, -0.05) is 30.3 Å². The average molecular weight is 412 g/mol. The Balaban J connectivity index is 2.10. The number of hydrogen-bond acceptors (Lipinski definition) is 4. The molecular weight excluding hydrogens is 390 g/mol. The van der Waals surface area contributed by atoms with Crippen molar-refractivity contribution in [2.24, 2.45) is 0 Å². The first kappa shape index (κ1) is 21.6. The molecule has 6 nitrogen and oxygen atoms in total. The SMILES string of the molecule is Cc1ccccc1N(CC(=O)N(C)Cc1ccc(OC(F)F)cc1)S(C)(=O)=O. The molecule has 0 bridgehead atoms. The van der Waals surface area contributed by atoms with E-state index >= 15 is 0 Å². The number of alkyl halides is 2. The number of carbonyl (C=O) groups excluding carboxylic acids is 1. The summed E-state index contributed by atoms with van der Waals surface area (Å²) in [6.45, 7) is -1.28. The van der Waals surface area contributed by atoms with Crippen LogP contribution in [0.3, 0.4) is 0 Å². The van der Waals surface area contributed by atoms with E-state index in [1.54, 1.807) is 50.4 Å². The summed E-state index contributed by atoms with van der Waals surface area (Å²) in [5, 5.41) is 0. The quantitative estimate of drug-likeness (QED) is 0.669. The molecule has 0 radical (unpaired) electrons. The fraction of sp³-hybridized carbons (Fsp3) is 0.316. The van der Waals surface area contributed by atoms with Gasteiger partial charge in [0.2, 0.25) is 15.9 Å². The van der Waals surface area contributed by atoms with Gasteiger partial charge in [-0.15, -0.1) is 0 Å². The number of nitrogens with zero attached hydrogens (tertiary/aromatic N) is 2. The summed E-state index contributed by atoms with van der Waals surface area (Å²) in [6, 6.07) is 12.8. The Labute approximate surface area is 163 Å². The van der Waals surface area contributed by atoms with Crippen molar-refractivity contribution in [1.29, 1.82) is 0 Å². The maximum absolute atomic E-state index is 12.6. The summed E-state index contributed by atoms with van der Waals surface area (Å²) in [6.07, 6.45) is 1.05. The number of aryl methyl sites for hydroxylation is 1. The number of carbonyl (C=O) groups is 1. The molecule has 0 aliphatic carbocycles. The second-order valence-corrected chi connectivity index (χ2v) is 8.24. The Morgan fingerprint density at radius 1 is 1.11 bits per heavy atom. The zero-order valence-corrected chi connectivity index (χ0v) is 16.6. The molecule has 0 N–H and O–H groups in total. The van der Waals surface area contributed by atoms with Crippen LogP contribution in [0.4, 0.5) is 14.5 Å². The maximum atomic E-state index is 12.6. The lowest BCUT2D eigenvalue weighted by Crippen LogP contribution is -2.41. The molecule has 0 spiro atoms. The van der Waals surface area contributed by atoms with Gasteiger partial charge in [0.1, 0.15) is 12.3 Å². The van der Waals surface area contributed by atoms with Crippen molar-refractivity contribution >= 4 is 21.6 Å². The molecule has 2 rings (SSSR count). The summed E-state index contributed by atoms with van der Waals surface area (Å²) < 4.78 is 54.2. The summed E-state index contributed by atoms with van der Waals surface area (Å²) in [7, 11) is -2.11. The molecule has 2 aromatic rings. The topological polar surface area (TPSA) is 66.9 Å². The van der Waals surface area contributed by atoms with Crippen LogP contribution >= 0.6 is 0 Å². The fourth-order valence-electron chi connectivity index (χ4n) is 2.61. The normalized spacial score (nSPS) is 11.4. The summed E-state index contributed by atoms with van der Waals surface area (Å²) >= 11 is 0. The lowest BCUT2D eigenvalue weighted by molar-refractivity contribution is -0.128. The smallest absolute Gasteiger partial charge is 0.387 e. The third kappa shape index (κ3) is 5.91. The van der Waals surface area contributed by atoms with Crippen LogP contribution in [0.15, 0.2) is 48.5 Å². The van der Waals surface area contributed by atoms with E-state index < -0.39 is 22.5 Å². The third-order valence-electron chi connectivity index (χ3n) is 4.06. The highest BCUT2D eigenvalue weighted by Gasteiger charge is 2.23.